The maximum absolute atomic E-state index is 12.3. The minimum Gasteiger partial charge on any atom is -0.361 e. The van der Waals surface area contributed by atoms with E-state index in [1.54, 1.807) is 0 Å². The van der Waals surface area contributed by atoms with Gasteiger partial charge >= 0.3 is 15.6 Å². The van der Waals surface area contributed by atoms with Crippen LogP contribution in [0.3, 0.4) is 0 Å². The highest BCUT2D eigenvalue weighted by atomic mass is 32.2. The summed E-state index contributed by atoms with van der Waals surface area (Å²) in [5.74, 6) is 0. The van der Waals surface area contributed by atoms with Gasteiger partial charge in [-0.15, -0.1) is 0 Å². The molecule has 0 radical (unpaired) electrons. The molecule has 0 aliphatic carbocycles. The molecule has 2 heterocycles. The first-order chi connectivity index (χ1) is 10.8. The fraction of sp³-hybridized carbons (Fsp3) is 0.538. The molecule has 0 saturated carbocycles. The molecule has 0 amide bonds. The average Bonchev–Trinajstić information content (AvgIpc) is 3.27. The molecule has 2 aliphatic heterocycles. The highest BCUT2D eigenvalue weighted by Crippen LogP contribution is 2.39. The van der Waals surface area contributed by atoms with E-state index in [4.69, 9.17) is 14.2 Å². The van der Waals surface area contributed by atoms with Crippen molar-refractivity contribution in [2.75, 3.05) is 6.61 Å². The number of alkyl halides is 3. The summed E-state index contributed by atoms with van der Waals surface area (Å²) < 4.78 is 78.9. The van der Waals surface area contributed by atoms with Crippen LogP contribution in [0.2, 0.25) is 0 Å². The smallest absolute Gasteiger partial charge is 0.361 e. The molecule has 2 fully saturated rings. The lowest BCUT2D eigenvalue weighted by Crippen LogP contribution is -2.43. The number of halogens is 3. The summed E-state index contributed by atoms with van der Waals surface area (Å²) >= 11 is 0. The summed E-state index contributed by atoms with van der Waals surface area (Å²) in [4.78, 5) is 0. The van der Waals surface area contributed by atoms with Crippen molar-refractivity contribution in [2.45, 2.75) is 36.7 Å². The van der Waals surface area contributed by atoms with Crippen LogP contribution in [0.15, 0.2) is 30.3 Å². The Kier molecular flexibility index (Phi) is 4.36. The van der Waals surface area contributed by atoms with Gasteiger partial charge in [0.1, 0.15) is 18.3 Å². The van der Waals surface area contributed by atoms with E-state index in [2.05, 4.69) is 4.18 Å². The fourth-order valence-electron chi connectivity index (χ4n) is 2.23. The van der Waals surface area contributed by atoms with Gasteiger partial charge in [-0.05, 0) is 5.56 Å². The van der Waals surface area contributed by atoms with Crippen LogP contribution < -0.4 is 0 Å². The molecular weight excluding hydrogens is 341 g/mol. The SMILES string of the molecule is O=S(=O)(O[C@@H]1CO[C@H](OCc2ccccc2)[C@H]2O[C@@H]21)C(F)(F)F. The summed E-state index contributed by atoms with van der Waals surface area (Å²) in [5, 5.41) is 0. The third-order valence-electron chi connectivity index (χ3n) is 3.41. The second-order valence-electron chi connectivity index (χ2n) is 5.10. The standard InChI is InChI=1S/C13H13F3O6S/c14-13(15,16)23(17,18)22-9-7-20-12(11-10(9)21-11)19-6-8-4-2-1-3-5-8/h1-5,9-12H,6-7H2/t9-,10-,11+,12+/m1/s1. The van der Waals surface area contributed by atoms with Gasteiger partial charge in [0.15, 0.2) is 6.29 Å². The molecule has 10 heteroatoms. The van der Waals surface area contributed by atoms with Crippen molar-refractivity contribution in [3.63, 3.8) is 0 Å². The van der Waals surface area contributed by atoms with E-state index in [0.29, 0.717) is 0 Å². The van der Waals surface area contributed by atoms with Crippen molar-refractivity contribution in [2.24, 2.45) is 0 Å². The Balaban J connectivity index is 1.53. The van der Waals surface area contributed by atoms with Gasteiger partial charge in [-0.25, -0.2) is 0 Å². The molecule has 0 spiro atoms. The monoisotopic (exact) mass is 354 g/mol. The lowest BCUT2D eigenvalue weighted by atomic mass is 10.1. The van der Waals surface area contributed by atoms with E-state index in [-0.39, 0.29) is 13.2 Å². The molecule has 4 atom stereocenters. The van der Waals surface area contributed by atoms with E-state index in [1.807, 2.05) is 30.3 Å². The van der Waals surface area contributed by atoms with Gasteiger partial charge in [0.25, 0.3) is 0 Å². The second kappa shape index (κ2) is 6.02. The lowest BCUT2D eigenvalue weighted by molar-refractivity contribution is -0.180. The van der Waals surface area contributed by atoms with Crippen LogP contribution >= 0.6 is 0 Å². The predicted molar refractivity (Wildman–Crippen MR) is 69.5 cm³/mol. The Morgan fingerprint density at radius 2 is 1.87 bits per heavy atom. The summed E-state index contributed by atoms with van der Waals surface area (Å²) in [6.45, 7) is -0.125. The zero-order chi connectivity index (χ0) is 16.7. The second-order valence-corrected chi connectivity index (χ2v) is 6.66. The number of rotatable bonds is 5. The van der Waals surface area contributed by atoms with Gasteiger partial charge < -0.3 is 14.2 Å². The predicted octanol–water partition coefficient (Wildman–Crippen LogP) is 1.56. The summed E-state index contributed by atoms with van der Waals surface area (Å²) in [6, 6.07) is 9.21. The molecule has 3 rings (SSSR count). The third-order valence-corrected chi connectivity index (χ3v) is 4.48. The fourth-order valence-corrected chi connectivity index (χ4v) is 2.83. The summed E-state index contributed by atoms with van der Waals surface area (Å²) in [6.07, 6.45) is -3.53. The van der Waals surface area contributed by atoms with E-state index in [0.717, 1.165) is 5.56 Å². The zero-order valence-corrected chi connectivity index (χ0v) is 12.4. The summed E-state index contributed by atoms with van der Waals surface area (Å²) in [5.41, 5.74) is -4.58. The van der Waals surface area contributed by atoms with Crippen LogP contribution in [0.1, 0.15) is 5.56 Å². The van der Waals surface area contributed by atoms with Crippen LogP contribution in [0.5, 0.6) is 0 Å². The zero-order valence-electron chi connectivity index (χ0n) is 11.6. The Morgan fingerprint density at radius 3 is 2.52 bits per heavy atom. The van der Waals surface area contributed by atoms with Gasteiger partial charge in [-0.1, -0.05) is 30.3 Å². The van der Waals surface area contributed by atoms with E-state index in [9.17, 15) is 21.6 Å². The average molecular weight is 354 g/mol. The Morgan fingerprint density at radius 1 is 1.17 bits per heavy atom. The van der Waals surface area contributed by atoms with E-state index < -0.39 is 40.2 Å². The van der Waals surface area contributed by atoms with Crippen LogP contribution in [-0.2, 0) is 35.1 Å². The molecule has 1 aromatic rings. The van der Waals surface area contributed by atoms with Crippen LogP contribution in [0.4, 0.5) is 13.2 Å². The molecular formula is C13H13F3O6S. The van der Waals surface area contributed by atoms with Gasteiger partial charge in [-0.3, -0.25) is 4.18 Å². The number of ether oxygens (including phenoxy) is 3. The molecule has 1 aromatic carbocycles. The van der Waals surface area contributed by atoms with Crippen LogP contribution in [-0.4, -0.2) is 45.1 Å². The molecule has 23 heavy (non-hydrogen) atoms. The maximum Gasteiger partial charge on any atom is 0.523 e. The quantitative estimate of drug-likeness (QED) is 0.454. The van der Waals surface area contributed by atoms with Crippen molar-refractivity contribution in [1.29, 1.82) is 0 Å². The van der Waals surface area contributed by atoms with E-state index >= 15 is 0 Å². The number of hydrogen-bond acceptors (Lipinski definition) is 6. The van der Waals surface area contributed by atoms with Crippen molar-refractivity contribution < 1.29 is 40.0 Å². The Labute approximate surface area is 130 Å². The van der Waals surface area contributed by atoms with Crippen molar-refractivity contribution in [3.05, 3.63) is 35.9 Å². The molecule has 0 aromatic heterocycles. The first-order valence-corrected chi connectivity index (χ1v) is 8.11. The molecule has 2 saturated heterocycles. The highest BCUT2D eigenvalue weighted by molar-refractivity contribution is 7.87. The Hall–Kier alpha value is -1.20. The maximum atomic E-state index is 12.3. The Bertz CT molecular complexity index is 647. The summed E-state index contributed by atoms with van der Waals surface area (Å²) in [7, 11) is -5.68. The molecule has 128 valence electrons. The number of benzene rings is 1. The molecule has 0 unspecified atom stereocenters. The van der Waals surface area contributed by atoms with Crippen molar-refractivity contribution >= 4 is 10.1 Å². The van der Waals surface area contributed by atoms with Gasteiger partial charge in [-0.2, -0.15) is 21.6 Å². The number of epoxide rings is 1. The normalized spacial score (nSPS) is 30.7. The number of hydrogen-bond donors (Lipinski definition) is 0. The highest BCUT2D eigenvalue weighted by Gasteiger charge is 2.59. The minimum atomic E-state index is -5.68. The lowest BCUT2D eigenvalue weighted by Gasteiger charge is -2.25. The number of fused-ring (bicyclic) bond motifs is 1. The topological polar surface area (TPSA) is 74.4 Å². The van der Waals surface area contributed by atoms with Crippen molar-refractivity contribution in [1.82, 2.24) is 0 Å². The molecule has 2 aliphatic rings. The molecule has 0 N–H and O–H groups in total. The third kappa shape index (κ3) is 3.66. The first-order valence-electron chi connectivity index (χ1n) is 6.70. The van der Waals surface area contributed by atoms with Gasteiger partial charge in [0, 0.05) is 0 Å². The molecule has 0 bridgehead atoms. The largest absolute Gasteiger partial charge is 0.523 e. The van der Waals surface area contributed by atoms with Crippen molar-refractivity contribution in [3.8, 4) is 0 Å². The molecule has 6 nitrogen and oxygen atoms in total. The van der Waals surface area contributed by atoms with Gasteiger partial charge in [0.2, 0.25) is 0 Å². The van der Waals surface area contributed by atoms with E-state index in [1.165, 1.54) is 0 Å². The van der Waals surface area contributed by atoms with Gasteiger partial charge in [0.05, 0.1) is 13.2 Å². The minimum absolute atomic E-state index is 0.241. The van der Waals surface area contributed by atoms with Crippen LogP contribution in [0.25, 0.3) is 0 Å². The first kappa shape index (κ1) is 16.7. The van der Waals surface area contributed by atoms with Crippen LogP contribution in [0, 0.1) is 0 Å².